The highest BCUT2D eigenvalue weighted by molar-refractivity contribution is 4.94. The predicted molar refractivity (Wildman–Crippen MR) is 60.5 cm³/mol. The summed E-state index contributed by atoms with van der Waals surface area (Å²) in [6.07, 6.45) is 2.78. The molecule has 2 aliphatic rings. The van der Waals surface area contributed by atoms with E-state index in [1.165, 1.54) is 32.5 Å². The van der Waals surface area contributed by atoms with E-state index in [-0.39, 0.29) is 0 Å². The van der Waals surface area contributed by atoms with Crippen LogP contribution in [0.3, 0.4) is 0 Å². The molecule has 0 saturated carbocycles. The average Bonchev–Trinajstić information content (AvgIpc) is 2.46. The summed E-state index contributed by atoms with van der Waals surface area (Å²) in [5, 5.41) is 0. The molecule has 0 aromatic carbocycles. The van der Waals surface area contributed by atoms with Gasteiger partial charge < -0.3 is 4.90 Å². The number of hydrogen-bond donors (Lipinski definition) is 0. The van der Waals surface area contributed by atoms with Crippen molar-refractivity contribution in [1.29, 1.82) is 0 Å². The third-order valence-corrected chi connectivity index (χ3v) is 4.06. The van der Waals surface area contributed by atoms with Gasteiger partial charge in [0.15, 0.2) is 0 Å². The molecule has 2 rings (SSSR count). The Bertz CT molecular complexity index is 207. The number of piperidine rings is 1. The SMILES string of the molecule is CN1CCC2CN(C(C)(C)C)CCC21. The summed E-state index contributed by atoms with van der Waals surface area (Å²) in [4.78, 5) is 5.22. The number of likely N-dealkylation sites (tertiary alicyclic amines) is 2. The monoisotopic (exact) mass is 196 g/mol. The summed E-state index contributed by atoms with van der Waals surface area (Å²) in [6, 6.07) is 0.883. The van der Waals surface area contributed by atoms with E-state index in [0.29, 0.717) is 5.54 Å². The molecule has 0 bridgehead atoms. The summed E-state index contributed by atoms with van der Waals surface area (Å²) in [7, 11) is 2.29. The van der Waals surface area contributed by atoms with Crippen LogP contribution in [0.15, 0.2) is 0 Å². The van der Waals surface area contributed by atoms with Gasteiger partial charge in [-0.3, -0.25) is 4.90 Å². The van der Waals surface area contributed by atoms with Crippen LogP contribution in [0.25, 0.3) is 0 Å². The van der Waals surface area contributed by atoms with Crippen LogP contribution in [0.4, 0.5) is 0 Å². The van der Waals surface area contributed by atoms with Crippen LogP contribution in [0.2, 0.25) is 0 Å². The molecular weight excluding hydrogens is 172 g/mol. The third kappa shape index (κ3) is 1.82. The van der Waals surface area contributed by atoms with Crippen molar-refractivity contribution >= 4 is 0 Å². The molecule has 0 N–H and O–H groups in total. The van der Waals surface area contributed by atoms with Crippen LogP contribution in [0, 0.1) is 5.92 Å². The zero-order valence-electron chi connectivity index (χ0n) is 10.1. The normalized spacial score (nSPS) is 36.0. The van der Waals surface area contributed by atoms with Crippen molar-refractivity contribution < 1.29 is 0 Å². The Morgan fingerprint density at radius 3 is 2.43 bits per heavy atom. The molecule has 2 atom stereocenters. The second-order valence-electron chi connectivity index (χ2n) is 6.00. The van der Waals surface area contributed by atoms with Gasteiger partial charge in [-0.15, -0.1) is 0 Å². The Balaban J connectivity index is 1.99. The molecule has 0 aromatic rings. The van der Waals surface area contributed by atoms with E-state index in [2.05, 4.69) is 37.6 Å². The largest absolute Gasteiger partial charge is 0.303 e. The maximum absolute atomic E-state index is 2.66. The Labute approximate surface area is 88.3 Å². The Morgan fingerprint density at radius 1 is 1.07 bits per heavy atom. The molecule has 0 aliphatic carbocycles. The topological polar surface area (TPSA) is 6.48 Å². The molecule has 0 spiro atoms. The number of rotatable bonds is 0. The van der Waals surface area contributed by atoms with E-state index in [1.54, 1.807) is 0 Å². The molecule has 2 aliphatic heterocycles. The van der Waals surface area contributed by atoms with Gasteiger partial charge in [0.05, 0.1) is 0 Å². The van der Waals surface area contributed by atoms with Crippen LogP contribution < -0.4 is 0 Å². The lowest BCUT2D eigenvalue weighted by Gasteiger charge is -2.44. The fraction of sp³-hybridized carbons (Fsp3) is 1.00. The number of fused-ring (bicyclic) bond motifs is 1. The Morgan fingerprint density at radius 2 is 1.79 bits per heavy atom. The van der Waals surface area contributed by atoms with Gasteiger partial charge in [-0.2, -0.15) is 0 Å². The lowest BCUT2D eigenvalue weighted by atomic mass is 9.90. The minimum absolute atomic E-state index is 0.367. The van der Waals surface area contributed by atoms with Gasteiger partial charge in [-0.05, 0) is 53.1 Å². The van der Waals surface area contributed by atoms with Crippen LogP contribution in [-0.2, 0) is 0 Å². The van der Waals surface area contributed by atoms with Crippen molar-refractivity contribution in [3.8, 4) is 0 Å². The number of nitrogens with zero attached hydrogens (tertiary/aromatic N) is 2. The van der Waals surface area contributed by atoms with E-state index >= 15 is 0 Å². The van der Waals surface area contributed by atoms with E-state index in [9.17, 15) is 0 Å². The van der Waals surface area contributed by atoms with E-state index in [4.69, 9.17) is 0 Å². The van der Waals surface area contributed by atoms with E-state index < -0.39 is 0 Å². The Kier molecular flexibility index (Phi) is 2.61. The van der Waals surface area contributed by atoms with Crippen molar-refractivity contribution in [2.24, 2.45) is 5.92 Å². The molecule has 0 radical (unpaired) electrons. The van der Waals surface area contributed by atoms with Gasteiger partial charge in [0.1, 0.15) is 0 Å². The van der Waals surface area contributed by atoms with Gasteiger partial charge in [-0.25, -0.2) is 0 Å². The lowest BCUT2D eigenvalue weighted by Crippen LogP contribution is -2.52. The first-order chi connectivity index (χ1) is 6.48. The predicted octanol–water partition coefficient (Wildman–Crippen LogP) is 1.81. The molecule has 0 aromatic heterocycles. The zero-order valence-corrected chi connectivity index (χ0v) is 10.1. The average molecular weight is 196 g/mol. The first-order valence-electron chi connectivity index (χ1n) is 5.94. The minimum Gasteiger partial charge on any atom is -0.303 e. The second kappa shape index (κ2) is 3.49. The zero-order chi connectivity index (χ0) is 10.3. The Hall–Kier alpha value is -0.0800. The standard InChI is InChI=1S/C12H24N2/c1-12(2,3)14-8-6-11-10(9-14)5-7-13(11)4/h10-11H,5-9H2,1-4H3. The van der Waals surface area contributed by atoms with Gasteiger partial charge in [0.2, 0.25) is 0 Å². The van der Waals surface area contributed by atoms with Crippen molar-refractivity contribution in [3.63, 3.8) is 0 Å². The van der Waals surface area contributed by atoms with Gasteiger partial charge in [0, 0.05) is 24.7 Å². The molecule has 2 heterocycles. The van der Waals surface area contributed by atoms with Crippen molar-refractivity contribution in [2.45, 2.75) is 45.2 Å². The fourth-order valence-corrected chi connectivity index (χ4v) is 3.03. The minimum atomic E-state index is 0.367. The highest BCUT2D eigenvalue weighted by atomic mass is 15.2. The van der Waals surface area contributed by atoms with Crippen molar-refractivity contribution in [3.05, 3.63) is 0 Å². The lowest BCUT2D eigenvalue weighted by molar-refractivity contribution is 0.0546. The fourth-order valence-electron chi connectivity index (χ4n) is 3.03. The van der Waals surface area contributed by atoms with Crippen molar-refractivity contribution in [1.82, 2.24) is 9.80 Å². The molecule has 2 saturated heterocycles. The summed E-state index contributed by atoms with van der Waals surface area (Å²) in [6.45, 7) is 10.9. The highest BCUT2D eigenvalue weighted by Crippen LogP contribution is 2.32. The third-order valence-electron chi connectivity index (χ3n) is 4.06. The maximum Gasteiger partial charge on any atom is 0.0145 e. The summed E-state index contributed by atoms with van der Waals surface area (Å²) >= 11 is 0. The highest BCUT2D eigenvalue weighted by Gasteiger charge is 2.38. The summed E-state index contributed by atoms with van der Waals surface area (Å²) in [5.41, 5.74) is 0.367. The van der Waals surface area contributed by atoms with Gasteiger partial charge in [0.25, 0.3) is 0 Å². The first kappa shape index (κ1) is 10.4. The van der Waals surface area contributed by atoms with Crippen LogP contribution >= 0.6 is 0 Å². The molecule has 2 nitrogen and oxygen atoms in total. The quantitative estimate of drug-likeness (QED) is 0.583. The first-order valence-corrected chi connectivity index (χ1v) is 5.94. The number of hydrogen-bond acceptors (Lipinski definition) is 2. The molecule has 14 heavy (non-hydrogen) atoms. The molecule has 2 fully saturated rings. The molecular formula is C12H24N2. The van der Waals surface area contributed by atoms with Gasteiger partial charge in [-0.1, -0.05) is 0 Å². The van der Waals surface area contributed by atoms with Gasteiger partial charge >= 0.3 is 0 Å². The summed E-state index contributed by atoms with van der Waals surface area (Å²) < 4.78 is 0. The smallest absolute Gasteiger partial charge is 0.0145 e. The second-order valence-corrected chi connectivity index (χ2v) is 6.00. The van der Waals surface area contributed by atoms with E-state index in [1.807, 2.05) is 0 Å². The van der Waals surface area contributed by atoms with Crippen LogP contribution in [-0.4, -0.2) is 48.1 Å². The van der Waals surface area contributed by atoms with E-state index in [0.717, 1.165) is 12.0 Å². The summed E-state index contributed by atoms with van der Waals surface area (Å²) in [5.74, 6) is 0.938. The van der Waals surface area contributed by atoms with Crippen LogP contribution in [0.1, 0.15) is 33.6 Å². The van der Waals surface area contributed by atoms with Crippen molar-refractivity contribution in [2.75, 3.05) is 26.7 Å². The molecule has 0 amide bonds. The maximum atomic E-state index is 2.66. The molecule has 2 unspecified atom stereocenters. The molecule has 82 valence electrons. The van der Waals surface area contributed by atoms with Crippen LogP contribution in [0.5, 0.6) is 0 Å². The molecule has 2 heteroatoms.